The molecule has 0 unspecified atom stereocenters. The van der Waals surface area contributed by atoms with Crippen molar-refractivity contribution in [1.82, 2.24) is 0 Å². The Morgan fingerprint density at radius 3 is 1.60 bits per heavy atom. The summed E-state index contributed by atoms with van der Waals surface area (Å²) in [6.45, 7) is 0.334. The Morgan fingerprint density at radius 1 is 0.625 bits per heavy atom. The van der Waals surface area contributed by atoms with E-state index in [-0.39, 0.29) is 13.6 Å². The average Bonchev–Trinajstić information content (AvgIpc) is 3.74. The van der Waals surface area contributed by atoms with Crippen LogP contribution < -0.4 is 28.0 Å². The zero-order chi connectivity index (χ0) is 26.6. The molecule has 0 saturated heterocycles. The third-order valence-electron chi connectivity index (χ3n) is 8.87. The lowest BCUT2D eigenvalue weighted by Crippen LogP contribution is -2.25. The number of phosphoric ester groups is 1. The van der Waals surface area contributed by atoms with Crippen molar-refractivity contribution in [2.24, 2.45) is 0 Å². The summed E-state index contributed by atoms with van der Waals surface area (Å²) in [5.41, 5.74) is 6.93. The van der Waals surface area contributed by atoms with Gasteiger partial charge >= 0.3 is 7.82 Å². The summed E-state index contributed by atoms with van der Waals surface area (Å²) in [7, 11) is -4.60. The fourth-order valence-electron chi connectivity index (χ4n) is 7.18. The molecule has 0 radical (unpaired) electrons. The normalized spacial score (nSPS) is 19.2. The van der Waals surface area contributed by atoms with Gasteiger partial charge in [-0.3, -0.25) is 4.89 Å². The summed E-state index contributed by atoms with van der Waals surface area (Å²) in [5, 5.41) is 0. The van der Waals surface area contributed by atoms with Crippen LogP contribution in [0.3, 0.4) is 0 Å². The molecule has 3 aliphatic heterocycles. The number of ether oxygens (including phenoxy) is 4. The summed E-state index contributed by atoms with van der Waals surface area (Å²) in [5.74, 6) is 3.43. The van der Waals surface area contributed by atoms with Crippen LogP contribution in [-0.4, -0.2) is 18.5 Å². The molecule has 4 aromatic rings. The van der Waals surface area contributed by atoms with Gasteiger partial charge in [-0.2, -0.15) is 0 Å². The Labute approximate surface area is 229 Å². The fraction of sp³-hybridized carbons (Fsp3) is 0.226. The minimum Gasteiger partial charge on any atom is -0.454 e. The van der Waals surface area contributed by atoms with E-state index in [1.54, 1.807) is 0 Å². The molecule has 40 heavy (non-hydrogen) atoms. The molecule has 8 nitrogen and oxygen atoms in total. The van der Waals surface area contributed by atoms with E-state index in [1.165, 1.54) is 0 Å². The molecule has 9 rings (SSSR count). The van der Waals surface area contributed by atoms with E-state index in [2.05, 4.69) is 12.1 Å². The Hall–Kier alpha value is -4.13. The molecule has 0 saturated carbocycles. The second kappa shape index (κ2) is 7.74. The van der Waals surface area contributed by atoms with Crippen molar-refractivity contribution in [2.45, 2.75) is 31.1 Å². The van der Waals surface area contributed by atoms with E-state index in [1.807, 2.05) is 48.5 Å². The third kappa shape index (κ3) is 3.03. The predicted molar refractivity (Wildman–Crippen MR) is 145 cm³/mol. The van der Waals surface area contributed by atoms with E-state index in [9.17, 15) is 9.46 Å². The van der Waals surface area contributed by atoms with Gasteiger partial charge in [0.15, 0.2) is 23.0 Å². The van der Waals surface area contributed by atoms with Crippen LogP contribution in [0.5, 0.6) is 34.5 Å². The zero-order valence-electron chi connectivity index (χ0n) is 21.3. The highest BCUT2D eigenvalue weighted by molar-refractivity contribution is 7.48. The van der Waals surface area contributed by atoms with E-state index in [4.69, 9.17) is 28.0 Å². The zero-order valence-corrected chi connectivity index (χ0v) is 22.2. The lowest BCUT2D eigenvalue weighted by Gasteiger charge is -2.34. The summed E-state index contributed by atoms with van der Waals surface area (Å²) < 4.78 is 48.1. The SMILES string of the molecule is O=P1(O)Oc2c(-c3ccc4c(c3)OCO4)ccc3c2C2(CC3)CCc3ccc(-c4ccc5c(c4)OCO5)c(c32)O1. The Morgan fingerprint density at radius 2 is 1.10 bits per heavy atom. The number of rotatable bonds is 2. The summed E-state index contributed by atoms with van der Waals surface area (Å²) in [6.07, 6.45) is 3.42. The van der Waals surface area contributed by atoms with E-state index < -0.39 is 13.2 Å². The molecule has 200 valence electrons. The van der Waals surface area contributed by atoms with Crippen LogP contribution in [0.15, 0.2) is 60.7 Å². The first-order chi connectivity index (χ1) is 19.5. The highest BCUT2D eigenvalue weighted by atomic mass is 31.2. The molecule has 0 atom stereocenters. The topological polar surface area (TPSA) is 92.7 Å². The van der Waals surface area contributed by atoms with Gasteiger partial charge in [0, 0.05) is 27.7 Å². The van der Waals surface area contributed by atoms with Gasteiger partial charge in [-0.15, -0.1) is 0 Å². The summed E-state index contributed by atoms with van der Waals surface area (Å²) in [4.78, 5) is 11.2. The molecule has 0 aromatic heterocycles. The maximum atomic E-state index is 13.8. The molecular weight excluding hydrogens is 531 g/mol. The van der Waals surface area contributed by atoms with Gasteiger partial charge < -0.3 is 28.0 Å². The van der Waals surface area contributed by atoms with Crippen LogP contribution in [0, 0.1) is 0 Å². The molecule has 5 aliphatic rings. The van der Waals surface area contributed by atoms with Crippen LogP contribution >= 0.6 is 7.82 Å². The molecule has 3 heterocycles. The smallest absolute Gasteiger partial charge is 0.454 e. The van der Waals surface area contributed by atoms with Gasteiger partial charge in [0.1, 0.15) is 11.5 Å². The van der Waals surface area contributed by atoms with Gasteiger partial charge in [0.25, 0.3) is 0 Å². The van der Waals surface area contributed by atoms with Crippen LogP contribution in [0.4, 0.5) is 0 Å². The molecule has 1 spiro atoms. The van der Waals surface area contributed by atoms with Gasteiger partial charge in [-0.25, -0.2) is 4.57 Å². The lowest BCUT2D eigenvalue weighted by atomic mass is 9.74. The number of hydrogen-bond acceptors (Lipinski definition) is 7. The Balaban J connectivity index is 1.29. The van der Waals surface area contributed by atoms with Crippen molar-refractivity contribution < 1.29 is 37.5 Å². The molecule has 4 aromatic carbocycles. The standard InChI is InChI=1S/C31H23O8P/c32-40(33)38-29-21(19-3-7-23-25(13-19)36-15-34-23)5-1-17-9-11-31(27(17)29)12-10-18-2-6-22(30(39-40)28(18)31)20-4-8-24-26(14-20)37-16-35-24/h1-8,13-14H,9-12,15-16H2,(H,32,33). The maximum Gasteiger partial charge on any atom is 0.584 e. The highest BCUT2D eigenvalue weighted by Crippen LogP contribution is 2.65. The highest BCUT2D eigenvalue weighted by Gasteiger charge is 2.52. The molecule has 9 heteroatoms. The monoisotopic (exact) mass is 554 g/mol. The van der Waals surface area contributed by atoms with Gasteiger partial charge in [0.05, 0.1) is 0 Å². The van der Waals surface area contributed by atoms with Gasteiger partial charge in [0.2, 0.25) is 13.6 Å². The Bertz CT molecular complexity index is 1700. The number of hydrogen-bond donors (Lipinski definition) is 1. The quantitative estimate of drug-likeness (QED) is 0.280. The predicted octanol–water partition coefficient (Wildman–Crippen LogP) is 6.53. The lowest BCUT2D eigenvalue weighted by molar-refractivity contribution is 0.173. The molecular formula is C31H23O8P. The maximum absolute atomic E-state index is 13.8. The van der Waals surface area contributed by atoms with E-state index in [0.717, 1.165) is 70.2 Å². The first kappa shape index (κ1) is 22.7. The minimum atomic E-state index is -4.60. The minimum absolute atomic E-state index is 0.167. The van der Waals surface area contributed by atoms with Gasteiger partial charge in [-0.05, 0) is 72.2 Å². The summed E-state index contributed by atoms with van der Waals surface area (Å²) >= 11 is 0. The number of aryl methyl sites for hydroxylation is 2. The molecule has 2 aliphatic carbocycles. The van der Waals surface area contributed by atoms with Crippen LogP contribution in [-0.2, 0) is 22.8 Å². The first-order valence-electron chi connectivity index (χ1n) is 13.3. The van der Waals surface area contributed by atoms with Gasteiger partial charge in [-0.1, -0.05) is 36.4 Å². The molecule has 0 amide bonds. The van der Waals surface area contributed by atoms with Crippen molar-refractivity contribution in [3.63, 3.8) is 0 Å². The van der Waals surface area contributed by atoms with E-state index in [0.29, 0.717) is 34.5 Å². The second-order valence-corrected chi connectivity index (χ2v) is 12.1. The molecule has 0 fully saturated rings. The number of benzene rings is 4. The van der Waals surface area contributed by atoms with Crippen molar-refractivity contribution in [2.75, 3.05) is 13.6 Å². The van der Waals surface area contributed by atoms with Crippen molar-refractivity contribution in [3.8, 4) is 56.8 Å². The summed E-state index contributed by atoms with van der Waals surface area (Å²) in [6, 6.07) is 19.5. The van der Waals surface area contributed by atoms with Crippen molar-refractivity contribution >= 4 is 7.82 Å². The van der Waals surface area contributed by atoms with Crippen LogP contribution in [0.1, 0.15) is 35.1 Å². The first-order valence-corrected chi connectivity index (χ1v) is 14.8. The van der Waals surface area contributed by atoms with Crippen molar-refractivity contribution in [3.05, 3.63) is 82.9 Å². The molecule has 0 bridgehead atoms. The van der Waals surface area contributed by atoms with Crippen molar-refractivity contribution in [1.29, 1.82) is 0 Å². The van der Waals surface area contributed by atoms with Crippen LogP contribution in [0.25, 0.3) is 22.3 Å². The average molecular weight is 554 g/mol. The van der Waals surface area contributed by atoms with Crippen LogP contribution in [0.2, 0.25) is 0 Å². The largest absolute Gasteiger partial charge is 0.584 e. The second-order valence-electron chi connectivity index (χ2n) is 10.8. The molecule has 1 N–H and O–H groups in total. The number of fused-ring (bicyclic) bond motifs is 2. The van der Waals surface area contributed by atoms with E-state index >= 15 is 0 Å². The Kier molecular flexibility index (Phi) is 4.39. The number of phosphoric acid groups is 1. The fourth-order valence-corrected chi connectivity index (χ4v) is 8.06. The third-order valence-corrected chi connectivity index (χ3v) is 9.69.